The molecule has 1 atom stereocenters. The van der Waals surface area contributed by atoms with Gasteiger partial charge in [0.25, 0.3) is 0 Å². The van der Waals surface area contributed by atoms with E-state index in [2.05, 4.69) is 15.3 Å². The number of anilines is 1. The number of benzene rings is 2. The molecule has 29 heavy (non-hydrogen) atoms. The molecule has 0 unspecified atom stereocenters. The SMILES string of the molecule is Cc1ccc(-c2cc(NC[C@H](N)c3ccc(C(F)(F)F)c(F)c3)ncn2)cc1Cl. The van der Waals surface area contributed by atoms with Crippen LogP contribution in [0.4, 0.5) is 23.4 Å². The van der Waals surface area contributed by atoms with Crippen LogP contribution in [0, 0.1) is 12.7 Å². The zero-order valence-corrected chi connectivity index (χ0v) is 16.0. The number of aromatic nitrogens is 2. The van der Waals surface area contributed by atoms with Crippen molar-refractivity contribution in [1.29, 1.82) is 0 Å². The van der Waals surface area contributed by atoms with Crippen molar-refractivity contribution < 1.29 is 17.6 Å². The van der Waals surface area contributed by atoms with Crippen molar-refractivity contribution >= 4 is 17.4 Å². The molecule has 0 aliphatic rings. The van der Waals surface area contributed by atoms with Crippen molar-refractivity contribution in [2.75, 3.05) is 11.9 Å². The Kier molecular flexibility index (Phi) is 6.04. The Morgan fingerprint density at radius 3 is 2.52 bits per heavy atom. The van der Waals surface area contributed by atoms with E-state index in [9.17, 15) is 17.6 Å². The van der Waals surface area contributed by atoms with Gasteiger partial charge in [-0.25, -0.2) is 14.4 Å². The first-order valence-corrected chi connectivity index (χ1v) is 8.97. The van der Waals surface area contributed by atoms with E-state index < -0.39 is 23.6 Å². The topological polar surface area (TPSA) is 63.8 Å². The highest BCUT2D eigenvalue weighted by Gasteiger charge is 2.34. The van der Waals surface area contributed by atoms with E-state index in [0.717, 1.165) is 23.3 Å². The second-order valence-electron chi connectivity index (χ2n) is 6.48. The average molecular weight is 425 g/mol. The van der Waals surface area contributed by atoms with Gasteiger partial charge in [-0.05, 0) is 36.2 Å². The maximum Gasteiger partial charge on any atom is 0.419 e. The number of hydrogen-bond donors (Lipinski definition) is 2. The van der Waals surface area contributed by atoms with Gasteiger partial charge in [0.05, 0.1) is 11.3 Å². The van der Waals surface area contributed by atoms with Gasteiger partial charge in [-0.3, -0.25) is 0 Å². The number of aryl methyl sites for hydroxylation is 1. The lowest BCUT2D eigenvalue weighted by molar-refractivity contribution is -0.140. The Labute approximate surface area is 169 Å². The molecule has 152 valence electrons. The second kappa shape index (κ2) is 8.34. The maximum absolute atomic E-state index is 13.7. The van der Waals surface area contributed by atoms with Crippen molar-refractivity contribution in [2.24, 2.45) is 5.73 Å². The summed E-state index contributed by atoms with van der Waals surface area (Å²) < 4.78 is 51.8. The average Bonchev–Trinajstić information content (AvgIpc) is 2.67. The van der Waals surface area contributed by atoms with Crippen LogP contribution in [0.3, 0.4) is 0 Å². The van der Waals surface area contributed by atoms with Gasteiger partial charge in [-0.15, -0.1) is 0 Å². The molecule has 0 aliphatic carbocycles. The molecule has 0 fully saturated rings. The largest absolute Gasteiger partial charge is 0.419 e. The van der Waals surface area contributed by atoms with Crippen molar-refractivity contribution in [3.05, 3.63) is 76.3 Å². The Balaban J connectivity index is 1.71. The van der Waals surface area contributed by atoms with Gasteiger partial charge in [-0.1, -0.05) is 29.8 Å². The first-order valence-electron chi connectivity index (χ1n) is 8.60. The quantitative estimate of drug-likeness (QED) is 0.540. The van der Waals surface area contributed by atoms with Gasteiger partial charge < -0.3 is 11.1 Å². The number of rotatable bonds is 5. The van der Waals surface area contributed by atoms with Crippen molar-refractivity contribution in [3.8, 4) is 11.3 Å². The summed E-state index contributed by atoms with van der Waals surface area (Å²) in [6, 6.07) is 9.16. The van der Waals surface area contributed by atoms with Gasteiger partial charge in [0, 0.05) is 29.2 Å². The minimum absolute atomic E-state index is 0.135. The molecule has 0 spiro atoms. The molecule has 2 aromatic carbocycles. The summed E-state index contributed by atoms with van der Waals surface area (Å²) >= 11 is 6.15. The fraction of sp³-hybridized carbons (Fsp3) is 0.200. The molecular formula is C20H17ClF4N4. The number of hydrogen-bond acceptors (Lipinski definition) is 4. The number of alkyl halides is 3. The summed E-state index contributed by atoms with van der Waals surface area (Å²) in [7, 11) is 0. The van der Waals surface area contributed by atoms with Crippen LogP contribution in [0.25, 0.3) is 11.3 Å². The van der Waals surface area contributed by atoms with Crippen LogP contribution in [0.5, 0.6) is 0 Å². The van der Waals surface area contributed by atoms with Crippen LogP contribution in [0.2, 0.25) is 5.02 Å². The lowest BCUT2D eigenvalue weighted by Gasteiger charge is -2.16. The Morgan fingerprint density at radius 2 is 1.86 bits per heavy atom. The Bertz CT molecular complexity index is 1020. The summed E-state index contributed by atoms with van der Waals surface area (Å²) in [5.41, 5.74) is 7.29. The van der Waals surface area contributed by atoms with E-state index in [0.29, 0.717) is 22.6 Å². The van der Waals surface area contributed by atoms with E-state index in [1.54, 1.807) is 12.1 Å². The third kappa shape index (κ3) is 5.02. The van der Waals surface area contributed by atoms with Crippen molar-refractivity contribution in [3.63, 3.8) is 0 Å². The van der Waals surface area contributed by atoms with Gasteiger partial charge in [0.15, 0.2) is 0 Å². The number of nitrogens with two attached hydrogens (primary N) is 1. The smallest absolute Gasteiger partial charge is 0.368 e. The van der Waals surface area contributed by atoms with Gasteiger partial charge >= 0.3 is 6.18 Å². The molecule has 0 bridgehead atoms. The first kappa shape index (κ1) is 21.0. The summed E-state index contributed by atoms with van der Waals surface area (Å²) in [6.45, 7) is 2.03. The summed E-state index contributed by atoms with van der Waals surface area (Å²) in [5.74, 6) is -0.888. The van der Waals surface area contributed by atoms with E-state index in [4.69, 9.17) is 17.3 Å². The molecular weight excluding hydrogens is 408 g/mol. The molecule has 9 heteroatoms. The van der Waals surface area contributed by atoms with Crippen LogP contribution in [-0.4, -0.2) is 16.5 Å². The van der Waals surface area contributed by atoms with Crippen LogP contribution in [0.15, 0.2) is 48.8 Å². The van der Waals surface area contributed by atoms with E-state index in [-0.39, 0.29) is 12.1 Å². The molecule has 3 rings (SSSR count). The van der Waals surface area contributed by atoms with E-state index in [1.165, 1.54) is 6.33 Å². The Morgan fingerprint density at radius 1 is 1.10 bits per heavy atom. The maximum atomic E-state index is 13.7. The van der Waals surface area contributed by atoms with Crippen LogP contribution < -0.4 is 11.1 Å². The highest BCUT2D eigenvalue weighted by Crippen LogP contribution is 2.32. The molecule has 0 saturated carbocycles. The standard InChI is InChI=1S/C20H17ClF4N4/c1-11-2-3-13(6-15(11)21)18-8-19(29-10-28-18)27-9-17(26)12-4-5-14(16(22)7-12)20(23,24)25/h2-8,10,17H,9,26H2,1H3,(H,27,28,29)/t17-/m0/s1. The molecule has 1 aromatic heterocycles. The fourth-order valence-electron chi connectivity index (χ4n) is 2.69. The van der Waals surface area contributed by atoms with Crippen LogP contribution in [-0.2, 0) is 6.18 Å². The first-order chi connectivity index (χ1) is 13.6. The predicted molar refractivity (Wildman–Crippen MR) is 104 cm³/mol. The van der Waals surface area contributed by atoms with Gasteiger partial charge in [0.2, 0.25) is 0 Å². The van der Waals surface area contributed by atoms with Crippen LogP contribution >= 0.6 is 11.6 Å². The third-order valence-electron chi connectivity index (χ3n) is 4.36. The highest BCUT2D eigenvalue weighted by molar-refractivity contribution is 6.31. The summed E-state index contributed by atoms with van der Waals surface area (Å²) in [5, 5.41) is 3.60. The number of nitrogens with zero attached hydrogens (tertiary/aromatic N) is 2. The Hall–Kier alpha value is -2.71. The fourth-order valence-corrected chi connectivity index (χ4v) is 2.87. The van der Waals surface area contributed by atoms with Gasteiger partial charge in [-0.2, -0.15) is 13.2 Å². The molecule has 0 radical (unpaired) electrons. The second-order valence-corrected chi connectivity index (χ2v) is 6.88. The zero-order valence-electron chi connectivity index (χ0n) is 15.3. The molecule has 3 aromatic rings. The zero-order chi connectivity index (χ0) is 21.2. The molecule has 1 heterocycles. The minimum Gasteiger partial charge on any atom is -0.368 e. The van der Waals surface area contributed by atoms with E-state index in [1.807, 2.05) is 19.1 Å². The normalized spacial score (nSPS) is 12.7. The van der Waals surface area contributed by atoms with Gasteiger partial charge in [0.1, 0.15) is 18.0 Å². The summed E-state index contributed by atoms with van der Waals surface area (Å²) in [6.07, 6.45) is -3.38. The third-order valence-corrected chi connectivity index (χ3v) is 4.77. The van der Waals surface area contributed by atoms with Crippen molar-refractivity contribution in [2.45, 2.75) is 19.1 Å². The lowest BCUT2D eigenvalue weighted by atomic mass is 10.0. The molecule has 0 amide bonds. The number of nitrogens with one attached hydrogen (secondary N) is 1. The number of halogens is 5. The predicted octanol–water partition coefficient (Wildman–Crippen LogP) is 5.38. The van der Waals surface area contributed by atoms with E-state index >= 15 is 0 Å². The lowest BCUT2D eigenvalue weighted by Crippen LogP contribution is -2.21. The molecule has 4 nitrogen and oxygen atoms in total. The van der Waals surface area contributed by atoms with Crippen molar-refractivity contribution in [1.82, 2.24) is 9.97 Å². The molecule has 3 N–H and O–H groups in total. The van der Waals surface area contributed by atoms with Crippen LogP contribution in [0.1, 0.15) is 22.7 Å². The summed E-state index contributed by atoms with van der Waals surface area (Å²) in [4.78, 5) is 8.31. The minimum atomic E-state index is -4.75. The molecule has 0 aliphatic heterocycles. The monoisotopic (exact) mass is 424 g/mol. The highest BCUT2D eigenvalue weighted by atomic mass is 35.5. The molecule has 0 saturated heterocycles.